The molecular weight excluding hydrogens is 312 g/mol. The quantitative estimate of drug-likeness (QED) is 0.847. The van der Waals surface area contributed by atoms with Crippen molar-refractivity contribution >= 4 is 17.4 Å². The van der Waals surface area contributed by atoms with Gasteiger partial charge in [0.2, 0.25) is 11.7 Å². The number of hydrogen-bond acceptors (Lipinski definition) is 5. The standard InChI is InChI=1S/C16H20N4O2S/c21-16(19-6-1-2-7-19)20-8-3-12(4-9-20)15-17-14(18-22-15)13-5-10-23-11-13/h5,10-12H,1-4,6-9H2. The van der Waals surface area contributed by atoms with Gasteiger partial charge in [-0.05, 0) is 37.1 Å². The zero-order chi connectivity index (χ0) is 15.6. The summed E-state index contributed by atoms with van der Waals surface area (Å²) in [4.78, 5) is 20.9. The molecule has 0 atom stereocenters. The fourth-order valence-electron chi connectivity index (χ4n) is 3.34. The third-order valence-electron chi connectivity index (χ3n) is 4.71. The molecule has 2 fully saturated rings. The van der Waals surface area contributed by atoms with Gasteiger partial charge in [-0.1, -0.05) is 5.16 Å². The number of hydrogen-bond donors (Lipinski definition) is 0. The predicted octanol–water partition coefficient (Wildman–Crippen LogP) is 3.19. The lowest BCUT2D eigenvalue weighted by molar-refractivity contribution is 0.144. The Morgan fingerprint density at radius 3 is 2.61 bits per heavy atom. The van der Waals surface area contributed by atoms with E-state index in [2.05, 4.69) is 10.1 Å². The molecule has 23 heavy (non-hydrogen) atoms. The molecule has 2 aliphatic heterocycles. The number of rotatable bonds is 2. The highest BCUT2D eigenvalue weighted by atomic mass is 32.1. The summed E-state index contributed by atoms with van der Waals surface area (Å²) < 4.78 is 5.45. The number of piperidine rings is 1. The molecule has 0 unspecified atom stereocenters. The molecular formula is C16H20N4O2S. The lowest BCUT2D eigenvalue weighted by Gasteiger charge is -2.33. The number of aromatic nitrogens is 2. The predicted molar refractivity (Wildman–Crippen MR) is 87.4 cm³/mol. The van der Waals surface area contributed by atoms with E-state index < -0.39 is 0 Å². The van der Waals surface area contributed by atoms with Gasteiger partial charge in [0.1, 0.15) is 0 Å². The van der Waals surface area contributed by atoms with Crippen molar-refractivity contribution < 1.29 is 9.32 Å². The van der Waals surface area contributed by atoms with Crippen molar-refractivity contribution in [1.29, 1.82) is 0 Å². The maximum Gasteiger partial charge on any atom is 0.319 e. The Kier molecular flexibility index (Phi) is 4.03. The summed E-state index contributed by atoms with van der Waals surface area (Å²) in [7, 11) is 0. The highest BCUT2D eigenvalue weighted by Gasteiger charge is 2.30. The number of nitrogens with zero attached hydrogens (tertiary/aromatic N) is 4. The van der Waals surface area contributed by atoms with Crippen molar-refractivity contribution in [3.8, 4) is 11.4 Å². The van der Waals surface area contributed by atoms with Crippen molar-refractivity contribution in [2.45, 2.75) is 31.6 Å². The Morgan fingerprint density at radius 2 is 1.91 bits per heavy atom. The molecule has 4 rings (SSSR count). The van der Waals surface area contributed by atoms with Gasteiger partial charge < -0.3 is 14.3 Å². The second-order valence-corrected chi connectivity index (χ2v) is 6.99. The first-order chi connectivity index (χ1) is 11.3. The van der Waals surface area contributed by atoms with E-state index in [4.69, 9.17) is 4.52 Å². The van der Waals surface area contributed by atoms with Crippen molar-refractivity contribution in [3.05, 3.63) is 22.7 Å². The third kappa shape index (κ3) is 2.97. The molecule has 2 aliphatic rings. The van der Waals surface area contributed by atoms with E-state index in [1.807, 2.05) is 26.6 Å². The van der Waals surface area contributed by atoms with Crippen LogP contribution in [0.15, 0.2) is 21.3 Å². The van der Waals surface area contributed by atoms with E-state index in [0.29, 0.717) is 11.7 Å². The number of urea groups is 1. The van der Waals surface area contributed by atoms with E-state index in [1.54, 1.807) is 11.3 Å². The van der Waals surface area contributed by atoms with Crippen LogP contribution in [-0.2, 0) is 0 Å². The number of amides is 2. The summed E-state index contributed by atoms with van der Waals surface area (Å²) in [5.41, 5.74) is 1.01. The highest BCUT2D eigenvalue weighted by Crippen LogP contribution is 2.29. The zero-order valence-electron chi connectivity index (χ0n) is 13.0. The highest BCUT2D eigenvalue weighted by molar-refractivity contribution is 7.08. The Bertz CT molecular complexity index is 655. The molecule has 6 nitrogen and oxygen atoms in total. The lowest BCUT2D eigenvalue weighted by atomic mass is 9.97. The summed E-state index contributed by atoms with van der Waals surface area (Å²) in [5, 5.41) is 8.11. The fourth-order valence-corrected chi connectivity index (χ4v) is 3.97. The lowest BCUT2D eigenvalue weighted by Crippen LogP contribution is -2.45. The van der Waals surface area contributed by atoms with Crippen LogP contribution in [0.2, 0.25) is 0 Å². The molecule has 7 heteroatoms. The van der Waals surface area contributed by atoms with Gasteiger partial charge in [0.25, 0.3) is 0 Å². The van der Waals surface area contributed by atoms with Crippen molar-refractivity contribution in [2.24, 2.45) is 0 Å². The van der Waals surface area contributed by atoms with Crippen LogP contribution in [0.1, 0.15) is 37.5 Å². The molecule has 0 aromatic carbocycles. The summed E-state index contributed by atoms with van der Waals surface area (Å²) in [6.45, 7) is 3.37. The smallest absolute Gasteiger partial charge is 0.319 e. The van der Waals surface area contributed by atoms with Gasteiger partial charge in [-0.15, -0.1) is 0 Å². The minimum absolute atomic E-state index is 0.199. The van der Waals surface area contributed by atoms with Gasteiger partial charge in [0, 0.05) is 43.0 Å². The Balaban J connectivity index is 1.37. The molecule has 2 amide bonds. The van der Waals surface area contributed by atoms with Crippen LogP contribution in [0, 0.1) is 0 Å². The SMILES string of the molecule is O=C(N1CCCC1)N1CCC(c2nc(-c3ccsc3)no2)CC1. The van der Waals surface area contributed by atoms with Crippen molar-refractivity contribution in [1.82, 2.24) is 19.9 Å². The van der Waals surface area contributed by atoms with Crippen molar-refractivity contribution in [3.63, 3.8) is 0 Å². The Labute approximate surface area is 139 Å². The van der Waals surface area contributed by atoms with Crippen LogP contribution in [0.25, 0.3) is 11.4 Å². The maximum atomic E-state index is 12.4. The molecule has 0 bridgehead atoms. The summed E-state index contributed by atoms with van der Waals surface area (Å²) >= 11 is 1.62. The van der Waals surface area contributed by atoms with Gasteiger partial charge >= 0.3 is 6.03 Å². The minimum Gasteiger partial charge on any atom is -0.339 e. The molecule has 0 aliphatic carbocycles. The van der Waals surface area contributed by atoms with Gasteiger partial charge in [-0.2, -0.15) is 16.3 Å². The van der Waals surface area contributed by atoms with E-state index in [-0.39, 0.29) is 11.9 Å². The number of carbonyl (C=O) groups is 1. The van der Waals surface area contributed by atoms with E-state index >= 15 is 0 Å². The van der Waals surface area contributed by atoms with Crippen LogP contribution in [0.3, 0.4) is 0 Å². The molecule has 122 valence electrons. The molecule has 4 heterocycles. The summed E-state index contributed by atoms with van der Waals surface area (Å²) in [5.74, 6) is 1.63. The normalized spacial score (nSPS) is 19.5. The molecule has 0 N–H and O–H groups in total. The third-order valence-corrected chi connectivity index (χ3v) is 5.40. The Morgan fingerprint density at radius 1 is 1.17 bits per heavy atom. The maximum absolute atomic E-state index is 12.4. The van der Waals surface area contributed by atoms with Gasteiger partial charge in [-0.25, -0.2) is 4.79 Å². The summed E-state index contributed by atoms with van der Waals surface area (Å²) in [6.07, 6.45) is 4.06. The van der Waals surface area contributed by atoms with E-state index in [9.17, 15) is 4.79 Å². The minimum atomic E-state index is 0.199. The largest absolute Gasteiger partial charge is 0.339 e. The van der Waals surface area contributed by atoms with Crippen molar-refractivity contribution in [2.75, 3.05) is 26.2 Å². The van der Waals surface area contributed by atoms with E-state index in [1.165, 1.54) is 0 Å². The van der Waals surface area contributed by atoms with Crippen LogP contribution >= 0.6 is 11.3 Å². The summed E-state index contributed by atoms with van der Waals surface area (Å²) in [6, 6.07) is 2.20. The number of thiophene rings is 1. The van der Waals surface area contributed by atoms with Crippen LogP contribution in [-0.4, -0.2) is 52.2 Å². The molecule has 0 spiro atoms. The average molecular weight is 332 g/mol. The first-order valence-corrected chi connectivity index (χ1v) is 9.15. The first kappa shape index (κ1) is 14.7. The average Bonchev–Trinajstić information content (AvgIpc) is 3.36. The molecule has 0 radical (unpaired) electrons. The van der Waals surface area contributed by atoms with Crippen LogP contribution < -0.4 is 0 Å². The second-order valence-electron chi connectivity index (χ2n) is 6.21. The molecule has 0 saturated carbocycles. The van der Waals surface area contributed by atoms with Gasteiger partial charge in [0.15, 0.2) is 0 Å². The second kappa shape index (κ2) is 6.31. The topological polar surface area (TPSA) is 62.5 Å². The van der Waals surface area contributed by atoms with Gasteiger partial charge in [-0.3, -0.25) is 0 Å². The zero-order valence-corrected chi connectivity index (χ0v) is 13.8. The number of carbonyl (C=O) groups excluding carboxylic acids is 1. The van der Waals surface area contributed by atoms with Gasteiger partial charge in [0.05, 0.1) is 0 Å². The Hall–Kier alpha value is -1.89. The molecule has 2 saturated heterocycles. The van der Waals surface area contributed by atoms with Crippen LogP contribution in [0.5, 0.6) is 0 Å². The number of likely N-dealkylation sites (tertiary alicyclic amines) is 2. The molecule has 2 aromatic rings. The monoisotopic (exact) mass is 332 g/mol. The van der Waals surface area contributed by atoms with Crippen LogP contribution in [0.4, 0.5) is 4.79 Å². The molecule has 2 aromatic heterocycles. The first-order valence-electron chi connectivity index (χ1n) is 8.21. The van der Waals surface area contributed by atoms with E-state index in [0.717, 1.165) is 57.4 Å². The fraction of sp³-hybridized carbons (Fsp3) is 0.562.